The third-order valence-electron chi connectivity index (χ3n) is 8.21. The summed E-state index contributed by atoms with van der Waals surface area (Å²) in [5.41, 5.74) is -2.85. The molecule has 0 unspecified atom stereocenters. The molecule has 1 nitrogen and oxygen atoms in total. The fourth-order valence-corrected chi connectivity index (χ4v) is 15.4. The first kappa shape index (κ1) is 20.2. The van der Waals surface area contributed by atoms with Crippen LogP contribution < -0.4 is 21.0 Å². The normalized spacial score (nSPS) is 30.6. The van der Waals surface area contributed by atoms with Gasteiger partial charge in [0, 0.05) is 0 Å². The monoisotopic (exact) mass is 491 g/mol. The van der Waals surface area contributed by atoms with Crippen LogP contribution >= 0.6 is 20.9 Å². The molecule has 4 aliphatic carbocycles. The molecule has 4 bridgehead atoms. The van der Waals surface area contributed by atoms with Gasteiger partial charge in [-0.1, -0.05) is 0 Å². The average Bonchev–Trinajstić information content (AvgIpc) is 2.80. The number of hydrogen-bond donors (Lipinski definition) is 1. The molecule has 0 aromatic heterocycles. The number of halogens is 1. The van der Waals surface area contributed by atoms with Crippen molar-refractivity contribution >= 4 is 36.9 Å². The summed E-state index contributed by atoms with van der Waals surface area (Å²) in [5, 5.41) is 8.68. The van der Waals surface area contributed by atoms with Crippen molar-refractivity contribution < 1.29 is 0 Å². The molecule has 160 valence electrons. The van der Waals surface area contributed by atoms with Gasteiger partial charge in [0.1, 0.15) is 0 Å². The van der Waals surface area contributed by atoms with E-state index in [2.05, 4.69) is 112 Å². The van der Waals surface area contributed by atoms with Crippen LogP contribution in [0.25, 0.3) is 0 Å². The third kappa shape index (κ3) is 3.10. The Bertz CT molecular complexity index is 931. The zero-order valence-electron chi connectivity index (χ0n) is 18.0. The number of benzene rings is 3. The van der Waals surface area contributed by atoms with Crippen molar-refractivity contribution in [3.63, 3.8) is 0 Å². The molecule has 0 aliphatic heterocycles. The van der Waals surface area contributed by atoms with Crippen LogP contribution in [0.1, 0.15) is 38.5 Å². The van der Waals surface area contributed by atoms with Gasteiger partial charge in [-0.3, -0.25) is 0 Å². The van der Waals surface area contributed by atoms with Crippen molar-refractivity contribution in [1.82, 2.24) is 5.09 Å². The van der Waals surface area contributed by atoms with Crippen molar-refractivity contribution in [2.45, 2.75) is 44.1 Å². The van der Waals surface area contributed by atoms with Crippen molar-refractivity contribution in [1.29, 1.82) is 0 Å². The van der Waals surface area contributed by atoms with Gasteiger partial charge in [0.2, 0.25) is 0 Å². The molecule has 0 saturated heterocycles. The Morgan fingerprint density at radius 1 is 0.581 bits per heavy atom. The van der Waals surface area contributed by atoms with E-state index in [0.29, 0.717) is 0 Å². The van der Waals surface area contributed by atoms with Gasteiger partial charge in [0.15, 0.2) is 0 Å². The molecule has 4 fully saturated rings. The van der Waals surface area contributed by atoms with Crippen LogP contribution in [-0.4, -0.2) is 5.54 Å². The van der Waals surface area contributed by atoms with Crippen LogP contribution in [0.3, 0.4) is 0 Å². The molecule has 1 N–H and O–H groups in total. The molecule has 0 radical (unpaired) electrons. The minimum absolute atomic E-state index is 0.220. The zero-order valence-corrected chi connectivity index (χ0v) is 20.4. The summed E-state index contributed by atoms with van der Waals surface area (Å²) in [4.78, 5) is 0. The van der Waals surface area contributed by atoms with Crippen LogP contribution in [0.4, 0.5) is 0 Å². The predicted octanol–water partition coefficient (Wildman–Crippen LogP) is 6.30. The first-order valence-electron chi connectivity index (χ1n) is 11.8. The van der Waals surface area contributed by atoms with Gasteiger partial charge in [-0.05, 0) is 0 Å². The topological polar surface area (TPSA) is 12.0 Å². The van der Waals surface area contributed by atoms with Gasteiger partial charge in [0.05, 0.1) is 0 Å². The van der Waals surface area contributed by atoms with Crippen molar-refractivity contribution in [3.8, 4) is 0 Å². The standard InChI is InChI=1S/C28H31BrNP/c29-31(25-10-4-1-5-11-25,26-12-6-2-7-13-26,27-14-8-3-9-15-27)30-28-19-22-16-23(20-28)18-24(17-22)21-28/h1-15,22-24,30H,16-21H2. The first-order chi connectivity index (χ1) is 15.1. The van der Waals surface area contributed by atoms with Crippen LogP contribution in [0.5, 0.6) is 0 Å². The molecule has 3 aromatic carbocycles. The fourth-order valence-electron chi connectivity index (χ4n) is 7.46. The van der Waals surface area contributed by atoms with E-state index in [1.54, 1.807) is 0 Å². The van der Waals surface area contributed by atoms with Gasteiger partial charge in [-0.2, -0.15) is 0 Å². The van der Waals surface area contributed by atoms with E-state index in [9.17, 15) is 0 Å². The summed E-state index contributed by atoms with van der Waals surface area (Å²) in [6.45, 7) is 0. The van der Waals surface area contributed by atoms with E-state index >= 15 is 0 Å². The van der Waals surface area contributed by atoms with E-state index in [1.165, 1.54) is 54.4 Å². The Morgan fingerprint density at radius 3 is 1.23 bits per heavy atom. The number of nitrogens with one attached hydrogen (secondary N) is 1. The Labute approximate surface area is 194 Å². The number of rotatable bonds is 5. The SMILES string of the molecule is BrP(NC12CC3CC(CC(C3)C1)C2)(c1ccccc1)(c1ccccc1)c1ccccc1. The molecule has 0 spiro atoms. The van der Waals surface area contributed by atoms with Gasteiger partial charge < -0.3 is 0 Å². The quantitative estimate of drug-likeness (QED) is 0.413. The summed E-state index contributed by atoms with van der Waals surface area (Å²) in [6.07, 6.45) is 8.36. The molecular weight excluding hydrogens is 461 g/mol. The molecular formula is C28H31BrNP. The Hall–Kier alpha value is -1.47. The van der Waals surface area contributed by atoms with E-state index in [1.807, 2.05) is 0 Å². The third-order valence-corrected chi connectivity index (χ3v) is 17.1. The molecule has 4 saturated carbocycles. The van der Waals surface area contributed by atoms with Crippen LogP contribution in [0.2, 0.25) is 0 Å². The summed E-state index contributed by atoms with van der Waals surface area (Å²) < 4.78 is 0. The fraction of sp³-hybridized carbons (Fsp3) is 0.357. The summed E-state index contributed by atoms with van der Waals surface area (Å²) in [7, 11) is 0. The van der Waals surface area contributed by atoms with E-state index in [0.717, 1.165) is 17.8 Å². The van der Waals surface area contributed by atoms with Crippen molar-refractivity contribution in [2.24, 2.45) is 17.8 Å². The second-order valence-electron chi connectivity index (χ2n) is 10.3. The maximum absolute atomic E-state index is 4.63. The van der Waals surface area contributed by atoms with Crippen molar-refractivity contribution in [2.75, 3.05) is 0 Å². The first-order valence-corrected chi connectivity index (χ1v) is 16.0. The predicted molar refractivity (Wildman–Crippen MR) is 138 cm³/mol. The number of hydrogen-bond acceptors (Lipinski definition) is 1. The molecule has 4 aliphatic rings. The Kier molecular flexibility index (Phi) is 4.73. The zero-order chi connectivity index (χ0) is 21.0. The van der Waals surface area contributed by atoms with E-state index in [4.69, 9.17) is 0 Å². The molecule has 3 heteroatoms. The summed E-state index contributed by atoms with van der Waals surface area (Å²) in [6, 6.07) is 33.6. The Balaban J connectivity index is 1.62. The second kappa shape index (κ2) is 7.27. The van der Waals surface area contributed by atoms with E-state index in [-0.39, 0.29) is 5.54 Å². The van der Waals surface area contributed by atoms with Gasteiger partial charge in [0.25, 0.3) is 0 Å². The second-order valence-corrected chi connectivity index (χ2v) is 18.4. The average molecular weight is 492 g/mol. The molecule has 0 atom stereocenters. The maximum atomic E-state index is 4.63. The molecule has 31 heavy (non-hydrogen) atoms. The molecule has 0 amide bonds. The van der Waals surface area contributed by atoms with Crippen LogP contribution in [-0.2, 0) is 0 Å². The van der Waals surface area contributed by atoms with Gasteiger partial charge in [-0.15, -0.1) is 0 Å². The summed E-state index contributed by atoms with van der Waals surface area (Å²) in [5.74, 6) is 2.72. The van der Waals surface area contributed by atoms with Crippen molar-refractivity contribution in [3.05, 3.63) is 91.0 Å². The molecule has 0 heterocycles. The minimum atomic E-state index is -3.07. The van der Waals surface area contributed by atoms with Gasteiger partial charge in [-0.25, -0.2) is 0 Å². The molecule has 3 aromatic rings. The van der Waals surface area contributed by atoms with E-state index < -0.39 is 5.46 Å². The summed E-state index contributed by atoms with van der Waals surface area (Å²) >= 11 is 4.63. The Morgan fingerprint density at radius 2 is 0.903 bits per heavy atom. The van der Waals surface area contributed by atoms with Gasteiger partial charge >= 0.3 is 195 Å². The van der Waals surface area contributed by atoms with Crippen LogP contribution in [0.15, 0.2) is 91.0 Å². The molecule has 7 rings (SSSR count). The van der Waals surface area contributed by atoms with Crippen LogP contribution in [0, 0.1) is 17.8 Å².